The SMILES string of the molecule is CCCCCN(C)C(=O)c1ccc(O)cc1O. The van der Waals surface area contributed by atoms with Crippen LogP contribution in [0.3, 0.4) is 0 Å². The first-order valence-corrected chi connectivity index (χ1v) is 5.83. The topological polar surface area (TPSA) is 60.8 Å². The van der Waals surface area contributed by atoms with Crippen molar-refractivity contribution in [3.8, 4) is 11.5 Å². The molecule has 0 spiro atoms. The Morgan fingerprint density at radius 3 is 2.59 bits per heavy atom. The van der Waals surface area contributed by atoms with Crippen LogP contribution >= 0.6 is 0 Å². The van der Waals surface area contributed by atoms with Crippen LogP contribution in [-0.4, -0.2) is 34.6 Å². The van der Waals surface area contributed by atoms with Gasteiger partial charge in [0.15, 0.2) is 0 Å². The third-order valence-electron chi connectivity index (χ3n) is 2.66. The molecular weight excluding hydrogens is 218 g/mol. The predicted octanol–water partition coefficient (Wildman–Crippen LogP) is 2.36. The zero-order chi connectivity index (χ0) is 12.8. The zero-order valence-corrected chi connectivity index (χ0v) is 10.3. The van der Waals surface area contributed by atoms with Gasteiger partial charge in [-0.2, -0.15) is 0 Å². The molecule has 0 unspecified atom stereocenters. The number of nitrogens with zero attached hydrogens (tertiary/aromatic N) is 1. The number of aromatic hydroxyl groups is 2. The van der Waals surface area contributed by atoms with Crippen LogP contribution in [0.2, 0.25) is 0 Å². The maximum Gasteiger partial charge on any atom is 0.257 e. The number of phenolic OH excluding ortho intramolecular Hbond substituents is 2. The van der Waals surface area contributed by atoms with Crippen molar-refractivity contribution < 1.29 is 15.0 Å². The quantitative estimate of drug-likeness (QED) is 0.773. The molecule has 4 nitrogen and oxygen atoms in total. The van der Waals surface area contributed by atoms with Gasteiger partial charge >= 0.3 is 0 Å². The van der Waals surface area contributed by atoms with Gasteiger partial charge in [-0.05, 0) is 18.6 Å². The Bertz CT molecular complexity index is 390. The fourth-order valence-corrected chi connectivity index (χ4v) is 1.61. The molecule has 0 saturated carbocycles. The van der Waals surface area contributed by atoms with Crippen LogP contribution < -0.4 is 0 Å². The van der Waals surface area contributed by atoms with E-state index in [0.717, 1.165) is 19.3 Å². The number of carbonyl (C=O) groups excluding carboxylic acids is 1. The van der Waals surface area contributed by atoms with Gasteiger partial charge in [0.25, 0.3) is 5.91 Å². The molecule has 0 aliphatic carbocycles. The second kappa shape index (κ2) is 6.13. The van der Waals surface area contributed by atoms with Crippen LogP contribution in [-0.2, 0) is 0 Å². The lowest BCUT2D eigenvalue weighted by Crippen LogP contribution is -2.27. The highest BCUT2D eigenvalue weighted by atomic mass is 16.3. The van der Waals surface area contributed by atoms with Gasteiger partial charge in [-0.25, -0.2) is 0 Å². The fourth-order valence-electron chi connectivity index (χ4n) is 1.61. The Balaban J connectivity index is 2.68. The first kappa shape index (κ1) is 13.4. The van der Waals surface area contributed by atoms with Crippen molar-refractivity contribution in [3.05, 3.63) is 23.8 Å². The van der Waals surface area contributed by atoms with Gasteiger partial charge in [0.2, 0.25) is 0 Å². The highest BCUT2D eigenvalue weighted by Crippen LogP contribution is 2.23. The van der Waals surface area contributed by atoms with Gasteiger partial charge in [-0.15, -0.1) is 0 Å². The minimum absolute atomic E-state index is 0.0484. The van der Waals surface area contributed by atoms with E-state index in [0.29, 0.717) is 6.54 Å². The summed E-state index contributed by atoms with van der Waals surface area (Å²) in [5.41, 5.74) is 0.224. The zero-order valence-electron chi connectivity index (χ0n) is 10.3. The van der Waals surface area contributed by atoms with Crippen LogP contribution in [0.15, 0.2) is 18.2 Å². The summed E-state index contributed by atoms with van der Waals surface area (Å²) >= 11 is 0. The summed E-state index contributed by atoms with van der Waals surface area (Å²) in [7, 11) is 1.71. The van der Waals surface area contributed by atoms with E-state index in [1.165, 1.54) is 18.2 Å². The highest BCUT2D eigenvalue weighted by Gasteiger charge is 2.15. The standard InChI is InChI=1S/C13H19NO3/c1-3-4-5-8-14(2)13(17)11-7-6-10(15)9-12(11)16/h6-7,9,15-16H,3-5,8H2,1-2H3. The molecule has 1 rings (SSSR count). The van der Waals surface area contributed by atoms with E-state index in [4.69, 9.17) is 5.11 Å². The number of hydrogen-bond donors (Lipinski definition) is 2. The lowest BCUT2D eigenvalue weighted by atomic mass is 10.1. The summed E-state index contributed by atoms with van der Waals surface area (Å²) < 4.78 is 0. The van der Waals surface area contributed by atoms with Crippen LogP contribution in [0, 0.1) is 0 Å². The molecular formula is C13H19NO3. The highest BCUT2D eigenvalue weighted by molar-refractivity contribution is 5.96. The molecule has 17 heavy (non-hydrogen) atoms. The van der Waals surface area contributed by atoms with Crippen molar-refractivity contribution in [2.45, 2.75) is 26.2 Å². The lowest BCUT2D eigenvalue weighted by Gasteiger charge is -2.17. The number of rotatable bonds is 5. The van der Waals surface area contributed by atoms with E-state index < -0.39 is 0 Å². The van der Waals surface area contributed by atoms with Gasteiger partial charge in [0.1, 0.15) is 11.5 Å². The van der Waals surface area contributed by atoms with E-state index in [2.05, 4.69) is 6.92 Å². The Kier molecular flexibility index (Phi) is 4.82. The molecule has 0 bridgehead atoms. The largest absolute Gasteiger partial charge is 0.508 e. The predicted molar refractivity (Wildman–Crippen MR) is 66.3 cm³/mol. The van der Waals surface area contributed by atoms with Crippen molar-refractivity contribution >= 4 is 5.91 Å². The third-order valence-corrected chi connectivity index (χ3v) is 2.66. The monoisotopic (exact) mass is 237 g/mol. The molecule has 1 aromatic carbocycles. The van der Waals surface area contributed by atoms with E-state index in [9.17, 15) is 9.90 Å². The Hall–Kier alpha value is -1.71. The molecule has 0 fully saturated rings. The molecule has 4 heteroatoms. The van der Waals surface area contributed by atoms with E-state index in [1.54, 1.807) is 11.9 Å². The number of hydrogen-bond acceptors (Lipinski definition) is 3. The summed E-state index contributed by atoms with van der Waals surface area (Å²) in [6.07, 6.45) is 3.14. The number of carbonyl (C=O) groups is 1. The summed E-state index contributed by atoms with van der Waals surface area (Å²) in [6, 6.07) is 4.00. The molecule has 0 aliphatic rings. The first-order valence-electron chi connectivity index (χ1n) is 5.83. The number of unbranched alkanes of at least 4 members (excludes halogenated alkanes) is 2. The summed E-state index contributed by atoms with van der Waals surface area (Å²) in [4.78, 5) is 13.5. The molecule has 0 radical (unpaired) electrons. The van der Waals surface area contributed by atoms with E-state index >= 15 is 0 Å². The Morgan fingerprint density at radius 1 is 1.29 bits per heavy atom. The van der Waals surface area contributed by atoms with Crippen molar-refractivity contribution in [2.24, 2.45) is 0 Å². The minimum atomic E-state index is -0.224. The van der Waals surface area contributed by atoms with Crippen LogP contribution in [0.25, 0.3) is 0 Å². The average molecular weight is 237 g/mol. The third kappa shape index (κ3) is 3.66. The van der Waals surface area contributed by atoms with Crippen molar-refractivity contribution in [3.63, 3.8) is 0 Å². The van der Waals surface area contributed by atoms with Crippen LogP contribution in [0.4, 0.5) is 0 Å². The first-order chi connectivity index (χ1) is 8.06. The maximum absolute atomic E-state index is 12.0. The fraction of sp³-hybridized carbons (Fsp3) is 0.462. The van der Waals surface area contributed by atoms with Gasteiger partial charge in [0, 0.05) is 19.7 Å². The van der Waals surface area contributed by atoms with E-state index in [-0.39, 0.29) is 23.0 Å². The molecule has 0 aromatic heterocycles. The van der Waals surface area contributed by atoms with Gasteiger partial charge < -0.3 is 15.1 Å². The van der Waals surface area contributed by atoms with Crippen LogP contribution in [0.5, 0.6) is 11.5 Å². The summed E-state index contributed by atoms with van der Waals surface area (Å²) in [6.45, 7) is 2.78. The van der Waals surface area contributed by atoms with Gasteiger partial charge in [-0.3, -0.25) is 4.79 Å². The molecule has 2 N–H and O–H groups in total. The number of benzene rings is 1. The molecule has 1 amide bonds. The second-order valence-electron chi connectivity index (χ2n) is 4.14. The average Bonchev–Trinajstić information content (AvgIpc) is 2.28. The maximum atomic E-state index is 12.0. The van der Waals surface area contributed by atoms with Crippen molar-refractivity contribution in [1.29, 1.82) is 0 Å². The molecule has 0 heterocycles. The van der Waals surface area contributed by atoms with Gasteiger partial charge in [-0.1, -0.05) is 19.8 Å². The van der Waals surface area contributed by atoms with Crippen LogP contribution in [0.1, 0.15) is 36.5 Å². The normalized spacial score (nSPS) is 10.2. The Labute approximate surface area is 101 Å². The van der Waals surface area contributed by atoms with Gasteiger partial charge in [0.05, 0.1) is 5.56 Å². The smallest absolute Gasteiger partial charge is 0.257 e. The van der Waals surface area contributed by atoms with E-state index in [1.807, 2.05) is 0 Å². The lowest BCUT2D eigenvalue weighted by molar-refractivity contribution is 0.0789. The molecule has 0 aliphatic heterocycles. The number of phenols is 2. The molecule has 94 valence electrons. The summed E-state index contributed by atoms with van der Waals surface area (Å²) in [5.74, 6) is -0.455. The van der Waals surface area contributed by atoms with Crippen molar-refractivity contribution in [1.82, 2.24) is 4.90 Å². The molecule has 1 aromatic rings. The molecule has 0 atom stereocenters. The summed E-state index contributed by atoms with van der Waals surface area (Å²) in [5, 5.41) is 18.7. The number of amides is 1. The second-order valence-corrected chi connectivity index (χ2v) is 4.14. The molecule has 0 saturated heterocycles. The Morgan fingerprint density at radius 2 is 2.00 bits per heavy atom. The van der Waals surface area contributed by atoms with Crippen molar-refractivity contribution in [2.75, 3.05) is 13.6 Å². The minimum Gasteiger partial charge on any atom is -0.508 e.